The molecule has 3 rings (SSSR count). The topological polar surface area (TPSA) is 88.0 Å². The summed E-state index contributed by atoms with van der Waals surface area (Å²) < 4.78 is 10.2. The van der Waals surface area contributed by atoms with Crippen molar-refractivity contribution in [3.63, 3.8) is 0 Å². The van der Waals surface area contributed by atoms with Crippen molar-refractivity contribution in [1.29, 1.82) is 5.26 Å². The molecule has 1 unspecified atom stereocenters. The second kappa shape index (κ2) is 5.68. The molecule has 0 spiro atoms. The molecule has 1 aromatic heterocycles. The van der Waals surface area contributed by atoms with Crippen molar-refractivity contribution in [3.8, 4) is 11.8 Å². The number of hydrogen-bond donors (Lipinski definition) is 1. The maximum atomic E-state index is 12.0. The summed E-state index contributed by atoms with van der Waals surface area (Å²) in [6, 6.07) is 5.63. The number of carbonyl (C=O) groups excluding carboxylic acids is 1. The van der Waals surface area contributed by atoms with E-state index in [9.17, 15) is 4.79 Å². The van der Waals surface area contributed by atoms with Gasteiger partial charge in [-0.3, -0.25) is 4.79 Å². The van der Waals surface area contributed by atoms with Crippen LogP contribution in [0.5, 0.6) is 5.75 Å². The zero-order chi connectivity index (χ0) is 15.7. The molecule has 1 aliphatic rings. The van der Waals surface area contributed by atoms with Gasteiger partial charge in [0, 0.05) is 5.92 Å². The molecule has 0 amide bonds. The third-order valence-corrected chi connectivity index (χ3v) is 4.00. The van der Waals surface area contributed by atoms with E-state index in [1.807, 2.05) is 6.07 Å². The zero-order valence-electron chi connectivity index (χ0n) is 12.5. The largest absolute Gasteiger partial charge is 0.494 e. The lowest BCUT2D eigenvalue weighted by Crippen LogP contribution is -2.14. The van der Waals surface area contributed by atoms with Gasteiger partial charge in [0.2, 0.25) is 0 Å². The third kappa shape index (κ3) is 2.39. The maximum Gasteiger partial charge on any atom is 0.314 e. The maximum absolute atomic E-state index is 12.0. The van der Waals surface area contributed by atoms with Crippen molar-refractivity contribution in [2.45, 2.75) is 31.1 Å². The van der Waals surface area contributed by atoms with Crippen LogP contribution in [0.1, 0.15) is 42.5 Å². The van der Waals surface area contributed by atoms with Gasteiger partial charge in [0.25, 0.3) is 0 Å². The molecular formula is C16H17N3O3. The van der Waals surface area contributed by atoms with E-state index >= 15 is 0 Å². The molecule has 6 heteroatoms. The molecule has 1 fully saturated rings. The number of carbonyl (C=O) groups is 1. The monoisotopic (exact) mass is 299 g/mol. The first-order chi connectivity index (χ1) is 10.7. The highest BCUT2D eigenvalue weighted by molar-refractivity contribution is 5.90. The lowest BCUT2D eigenvalue weighted by Gasteiger charge is -2.13. The van der Waals surface area contributed by atoms with E-state index in [4.69, 9.17) is 14.7 Å². The Morgan fingerprint density at radius 1 is 1.50 bits per heavy atom. The molecule has 1 aliphatic carbocycles. The van der Waals surface area contributed by atoms with E-state index in [0.29, 0.717) is 22.7 Å². The molecule has 0 aliphatic heterocycles. The summed E-state index contributed by atoms with van der Waals surface area (Å²) in [7, 11) is 2.92. The van der Waals surface area contributed by atoms with E-state index in [2.05, 4.69) is 9.97 Å². The molecular weight excluding hydrogens is 282 g/mol. The first kappa shape index (κ1) is 14.4. The van der Waals surface area contributed by atoms with Gasteiger partial charge in [-0.2, -0.15) is 5.26 Å². The molecule has 0 bridgehead atoms. The molecule has 1 aromatic carbocycles. The second-order valence-corrected chi connectivity index (χ2v) is 5.41. The normalized spacial score (nSPS) is 15.3. The summed E-state index contributed by atoms with van der Waals surface area (Å²) in [5.41, 5.74) is 2.16. The minimum Gasteiger partial charge on any atom is -0.494 e. The first-order valence-corrected chi connectivity index (χ1v) is 7.20. The number of fused-ring (bicyclic) bond motifs is 1. The van der Waals surface area contributed by atoms with Gasteiger partial charge in [0.15, 0.2) is 0 Å². The molecule has 114 valence electrons. The standard InChI is InChI=1S/C16H17N3O3/c1-21-12-6-5-10(11(7-8-17)16(20)22-2)13-14(12)19-15(18-13)9-3-4-9/h5-6,9,11H,3-4,7H2,1-2H3,(H,18,19). The quantitative estimate of drug-likeness (QED) is 0.857. The molecule has 2 aromatic rings. The van der Waals surface area contributed by atoms with Gasteiger partial charge in [0.05, 0.1) is 38.1 Å². The number of nitrogens with zero attached hydrogens (tertiary/aromatic N) is 2. The summed E-state index contributed by atoms with van der Waals surface area (Å²) in [5.74, 6) is 0.986. The number of aromatic nitrogens is 2. The number of methoxy groups -OCH3 is 2. The molecule has 1 saturated carbocycles. The number of rotatable bonds is 5. The van der Waals surface area contributed by atoms with Crippen molar-refractivity contribution in [1.82, 2.24) is 9.97 Å². The van der Waals surface area contributed by atoms with Gasteiger partial charge in [0.1, 0.15) is 17.1 Å². The van der Waals surface area contributed by atoms with E-state index in [1.54, 1.807) is 19.2 Å². The van der Waals surface area contributed by atoms with Gasteiger partial charge >= 0.3 is 5.97 Å². The highest BCUT2D eigenvalue weighted by Crippen LogP contribution is 2.41. The third-order valence-electron chi connectivity index (χ3n) is 4.00. The van der Waals surface area contributed by atoms with Crippen LogP contribution in [0.25, 0.3) is 11.0 Å². The highest BCUT2D eigenvalue weighted by atomic mass is 16.5. The summed E-state index contributed by atoms with van der Waals surface area (Å²) in [4.78, 5) is 20.0. The lowest BCUT2D eigenvalue weighted by atomic mass is 9.95. The molecule has 22 heavy (non-hydrogen) atoms. The molecule has 1 N–H and O–H groups in total. The Labute approximate surface area is 128 Å². The summed E-state index contributed by atoms with van der Waals surface area (Å²) in [6.45, 7) is 0. The average molecular weight is 299 g/mol. The van der Waals surface area contributed by atoms with E-state index in [1.165, 1.54) is 7.11 Å². The number of benzene rings is 1. The molecule has 1 atom stereocenters. The lowest BCUT2D eigenvalue weighted by molar-refractivity contribution is -0.142. The molecule has 0 radical (unpaired) electrons. The van der Waals surface area contributed by atoms with Crippen molar-refractivity contribution in [3.05, 3.63) is 23.5 Å². The van der Waals surface area contributed by atoms with Crippen molar-refractivity contribution in [2.24, 2.45) is 0 Å². The van der Waals surface area contributed by atoms with Crippen LogP contribution in [0.4, 0.5) is 0 Å². The Bertz CT molecular complexity index is 756. The Morgan fingerprint density at radius 3 is 2.86 bits per heavy atom. The van der Waals surface area contributed by atoms with Crippen molar-refractivity contribution in [2.75, 3.05) is 14.2 Å². The highest BCUT2D eigenvalue weighted by Gasteiger charge is 2.30. The number of ether oxygens (including phenoxy) is 2. The van der Waals surface area contributed by atoms with Gasteiger partial charge in [-0.05, 0) is 24.5 Å². The number of esters is 1. The van der Waals surface area contributed by atoms with E-state index in [0.717, 1.165) is 24.2 Å². The number of nitriles is 1. The first-order valence-electron chi connectivity index (χ1n) is 7.20. The summed E-state index contributed by atoms with van der Waals surface area (Å²) in [5, 5.41) is 9.01. The van der Waals surface area contributed by atoms with Gasteiger partial charge < -0.3 is 14.5 Å². The minimum absolute atomic E-state index is 0.0553. The van der Waals surface area contributed by atoms with Crippen molar-refractivity contribution < 1.29 is 14.3 Å². The fourth-order valence-corrected chi connectivity index (χ4v) is 2.66. The number of nitrogens with one attached hydrogen (secondary N) is 1. The van der Waals surface area contributed by atoms with Crippen LogP contribution in [0.2, 0.25) is 0 Å². The van der Waals surface area contributed by atoms with Crippen LogP contribution in [-0.2, 0) is 9.53 Å². The Balaban J connectivity index is 2.16. The smallest absolute Gasteiger partial charge is 0.314 e. The number of imidazole rings is 1. The molecule has 1 heterocycles. The molecule has 6 nitrogen and oxygen atoms in total. The van der Waals surface area contributed by atoms with Gasteiger partial charge in [-0.1, -0.05) is 6.07 Å². The molecule has 0 saturated heterocycles. The van der Waals surface area contributed by atoms with E-state index < -0.39 is 11.9 Å². The fraction of sp³-hybridized carbons (Fsp3) is 0.438. The van der Waals surface area contributed by atoms with Crippen LogP contribution < -0.4 is 4.74 Å². The predicted octanol–water partition coefficient (Wildman–Crippen LogP) is 2.62. The fourth-order valence-electron chi connectivity index (χ4n) is 2.66. The SMILES string of the molecule is COC(=O)C(CC#N)c1ccc(OC)c2[nH]c(C3CC3)nc12. The average Bonchev–Trinajstić information content (AvgIpc) is 3.30. The Morgan fingerprint density at radius 2 is 2.27 bits per heavy atom. The summed E-state index contributed by atoms with van der Waals surface area (Å²) in [6.07, 6.45) is 2.30. The number of H-pyrrole nitrogens is 1. The second-order valence-electron chi connectivity index (χ2n) is 5.41. The van der Waals surface area contributed by atoms with Gasteiger partial charge in [-0.25, -0.2) is 4.98 Å². The minimum atomic E-state index is -0.640. The number of hydrogen-bond acceptors (Lipinski definition) is 5. The van der Waals surface area contributed by atoms with Crippen molar-refractivity contribution >= 4 is 17.0 Å². The summed E-state index contributed by atoms with van der Waals surface area (Å²) >= 11 is 0. The van der Waals surface area contributed by atoms with Crippen LogP contribution >= 0.6 is 0 Å². The van der Waals surface area contributed by atoms with Crippen LogP contribution in [0.3, 0.4) is 0 Å². The predicted molar refractivity (Wildman–Crippen MR) is 79.6 cm³/mol. The number of aromatic amines is 1. The van der Waals surface area contributed by atoms with Gasteiger partial charge in [-0.15, -0.1) is 0 Å². The Kier molecular flexibility index (Phi) is 3.72. The Hall–Kier alpha value is -2.55. The van der Waals surface area contributed by atoms with E-state index in [-0.39, 0.29) is 6.42 Å². The van der Waals surface area contributed by atoms with Crippen LogP contribution in [-0.4, -0.2) is 30.2 Å². The van der Waals surface area contributed by atoms with Crippen LogP contribution in [0.15, 0.2) is 12.1 Å². The van der Waals surface area contributed by atoms with Crippen LogP contribution in [0, 0.1) is 11.3 Å². The zero-order valence-corrected chi connectivity index (χ0v) is 12.5.